The fourth-order valence-corrected chi connectivity index (χ4v) is 2.39. The van der Waals surface area contributed by atoms with Crippen molar-refractivity contribution in [3.63, 3.8) is 0 Å². The first kappa shape index (κ1) is 16.6. The van der Waals surface area contributed by atoms with Gasteiger partial charge in [-0.25, -0.2) is 9.97 Å². The zero-order valence-corrected chi connectivity index (χ0v) is 12.5. The summed E-state index contributed by atoms with van der Waals surface area (Å²) in [6.07, 6.45) is -3.50. The van der Waals surface area contributed by atoms with Crippen LogP contribution in [0.15, 0.2) is 46.6 Å². The molecule has 2 aromatic rings. The van der Waals surface area contributed by atoms with Crippen molar-refractivity contribution in [2.24, 2.45) is 0 Å². The maximum absolute atomic E-state index is 12.6. The van der Waals surface area contributed by atoms with E-state index in [4.69, 9.17) is 11.6 Å². The lowest BCUT2D eigenvalue weighted by atomic mass is 10.3. The molecular formula is C13H9ClF3N3OS. The van der Waals surface area contributed by atoms with Crippen LogP contribution in [0.1, 0.15) is 5.69 Å². The molecule has 1 aromatic carbocycles. The Morgan fingerprint density at radius 3 is 2.68 bits per heavy atom. The molecule has 0 atom stereocenters. The van der Waals surface area contributed by atoms with Gasteiger partial charge in [0.05, 0.1) is 5.69 Å². The van der Waals surface area contributed by atoms with Crippen LogP contribution in [-0.4, -0.2) is 21.8 Å². The van der Waals surface area contributed by atoms with Crippen LogP contribution in [0.3, 0.4) is 0 Å². The molecule has 0 aliphatic rings. The molecule has 0 saturated carbocycles. The van der Waals surface area contributed by atoms with Crippen LogP contribution in [0.4, 0.5) is 18.9 Å². The second kappa shape index (κ2) is 6.97. The summed E-state index contributed by atoms with van der Waals surface area (Å²) in [6.45, 7) is 0. The van der Waals surface area contributed by atoms with Gasteiger partial charge in [-0.15, -0.1) is 11.6 Å². The normalized spacial score (nSPS) is 11.3. The van der Waals surface area contributed by atoms with Gasteiger partial charge >= 0.3 is 6.18 Å². The second-order valence-corrected chi connectivity index (χ2v) is 5.28. The number of aromatic nitrogens is 2. The minimum atomic E-state index is -4.54. The van der Waals surface area contributed by atoms with E-state index < -0.39 is 17.8 Å². The Hall–Kier alpha value is -1.80. The van der Waals surface area contributed by atoms with Crippen LogP contribution in [0.2, 0.25) is 0 Å². The zero-order valence-electron chi connectivity index (χ0n) is 10.9. The van der Waals surface area contributed by atoms with Crippen LogP contribution >= 0.6 is 23.4 Å². The highest BCUT2D eigenvalue weighted by Gasteiger charge is 2.32. The molecule has 1 N–H and O–H groups in total. The summed E-state index contributed by atoms with van der Waals surface area (Å²) < 4.78 is 37.9. The minimum Gasteiger partial charge on any atom is -0.324 e. The number of nitrogens with zero attached hydrogens (tertiary/aromatic N) is 2. The molecule has 1 aromatic heterocycles. The molecule has 116 valence electrons. The lowest BCUT2D eigenvalue weighted by Crippen LogP contribution is -2.13. The number of anilines is 1. The number of hydrogen-bond acceptors (Lipinski definition) is 4. The number of carbonyl (C=O) groups excluding carboxylic acids is 1. The smallest absolute Gasteiger partial charge is 0.324 e. The van der Waals surface area contributed by atoms with Crippen molar-refractivity contribution in [1.82, 2.24) is 9.97 Å². The molecule has 0 bridgehead atoms. The molecule has 0 radical (unpaired) electrons. The third-order valence-corrected chi connectivity index (χ3v) is 3.61. The van der Waals surface area contributed by atoms with Gasteiger partial charge in [0.15, 0.2) is 5.16 Å². The van der Waals surface area contributed by atoms with Gasteiger partial charge in [-0.05, 0) is 30.0 Å². The van der Waals surface area contributed by atoms with E-state index in [2.05, 4.69) is 15.3 Å². The highest BCUT2D eigenvalue weighted by Crippen LogP contribution is 2.33. The van der Waals surface area contributed by atoms with E-state index in [0.717, 1.165) is 24.0 Å². The number of nitrogens with one attached hydrogen (secondary N) is 1. The lowest BCUT2D eigenvalue weighted by molar-refractivity contribution is -0.141. The largest absolute Gasteiger partial charge is 0.433 e. The highest BCUT2D eigenvalue weighted by atomic mass is 35.5. The van der Waals surface area contributed by atoms with E-state index in [1.54, 1.807) is 24.3 Å². The van der Waals surface area contributed by atoms with Crippen molar-refractivity contribution in [2.75, 3.05) is 11.2 Å². The van der Waals surface area contributed by atoms with E-state index in [9.17, 15) is 18.0 Å². The fraction of sp³-hybridized carbons (Fsp3) is 0.154. The molecule has 1 heterocycles. The van der Waals surface area contributed by atoms with E-state index in [1.165, 1.54) is 0 Å². The third-order valence-electron chi connectivity index (χ3n) is 2.41. The van der Waals surface area contributed by atoms with Crippen molar-refractivity contribution in [3.05, 3.63) is 42.2 Å². The Bertz CT molecular complexity index is 682. The van der Waals surface area contributed by atoms with Gasteiger partial charge in [0.25, 0.3) is 0 Å². The molecule has 1 amide bonds. The number of amides is 1. The number of para-hydroxylation sites is 1. The number of halogens is 4. The quantitative estimate of drug-likeness (QED) is 0.674. The maximum atomic E-state index is 12.6. The first-order valence-electron chi connectivity index (χ1n) is 5.93. The summed E-state index contributed by atoms with van der Waals surface area (Å²) in [6, 6.07) is 7.41. The summed E-state index contributed by atoms with van der Waals surface area (Å²) in [5.41, 5.74) is -0.591. The molecule has 0 aliphatic carbocycles. The first-order chi connectivity index (χ1) is 10.4. The van der Waals surface area contributed by atoms with Gasteiger partial charge < -0.3 is 5.32 Å². The van der Waals surface area contributed by atoms with Gasteiger partial charge in [-0.2, -0.15) is 13.2 Å². The first-order valence-corrected chi connectivity index (χ1v) is 7.28. The number of hydrogen-bond donors (Lipinski definition) is 1. The number of rotatable bonds is 4. The van der Waals surface area contributed by atoms with Gasteiger partial charge in [0.2, 0.25) is 5.91 Å². The van der Waals surface area contributed by atoms with Crippen LogP contribution in [-0.2, 0) is 11.0 Å². The summed E-state index contributed by atoms with van der Waals surface area (Å²) in [5.74, 6) is -0.640. The fourth-order valence-electron chi connectivity index (χ4n) is 1.49. The Kier molecular flexibility index (Phi) is 5.25. The average molecular weight is 348 g/mol. The van der Waals surface area contributed by atoms with Crippen LogP contribution in [0, 0.1) is 0 Å². The third kappa shape index (κ3) is 4.35. The zero-order chi connectivity index (χ0) is 16.2. The minimum absolute atomic E-state index is 0.0672. The standard InChI is InChI=1S/C13H9ClF3N3OS/c14-7-11(21)19-8-3-1-2-4-9(8)22-12-18-6-5-10(20-12)13(15,16)17/h1-6H,7H2,(H,19,21). The Labute approximate surface area is 133 Å². The number of benzene rings is 1. The summed E-state index contributed by atoms with van der Waals surface area (Å²) in [7, 11) is 0. The summed E-state index contributed by atoms with van der Waals surface area (Å²) >= 11 is 6.33. The number of carbonyl (C=O) groups is 1. The van der Waals surface area contributed by atoms with Crippen LogP contribution in [0.25, 0.3) is 0 Å². The Morgan fingerprint density at radius 1 is 1.27 bits per heavy atom. The molecule has 4 nitrogen and oxygen atoms in total. The van der Waals surface area contributed by atoms with Crippen LogP contribution < -0.4 is 5.32 Å². The van der Waals surface area contributed by atoms with Crippen molar-refractivity contribution in [1.29, 1.82) is 0 Å². The van der Waals surface area contributed by atoms with Gasteiger partial charge in [-0.3, -0.25) is 4.79 Å². The monoisotopic (exact) mass is 347 g/mol. The molecule has 0 saturated heterocycles. The molecule has 22 heavy (non-hydrogen) atoms. The van der Waals surface area contributed by atoms with E-state index in [-0.39, 0.29) is 11.0 Å². The SMILES string of the molecule is O=C(CCl)Nc1ccccc1Sc1nccc(C(F)(F)F)n1. The predicted octanol–water partition coefficient (Wildman–Crippen LogP) is 3.82. The molecule has 0 unspecified atom stereocenters. The van der Waals surface area contributed by atoms with Crippen molar-refractivity contribution < 1.29 is 18.0 Å². The molecule has 0 aliphatic heterocycles. The highest BCUT2D eigenvalue weighted by molar-refractivity contribution is 7.99. The Morgan fingerprint density at radius 2 is 2.00 bits per heavy atom. The Balaban J connectivity index is 2.26. The topological polar surface area (TPSA) is 54.9 Å². The molecule has 0 fully saturated rings. The van der Waals surface area contributed by atoms with Crippen molar-refractivity contribution in [3.8, 4) is 0 Å². The lowest BCUT2D eigenvalue weighted by Gasteiger charge is -2.10. The van der Waals surface area contributed by atoms with E-state index in [1.807, 2.05) is 0 Å². The van der Waals surface area contributed by atoms with Gasteiger partial charge in [0, 0.05) is 11.1 Å². The van der Waals surface area contributed by atoms with Crippen molar-refractivity contribution in [2.45, 2.75) is 16.2 Å². The molecular weight excluding hydrogens is 339 g/mol. The predicted molar refractivity (Wildman–Crippen MR) is 76.9 cm³/mol. The van der Waals surface area contributed by atoms with E-state index in [0.29, 0.717) is 10.6 Å². The molecule has 9 heteroatoms. The summed E-state index contributed by atoms with van der Waals surface area (Å²) in [5, 5.41) is 2.49. The molecule has 0 spiro atoms. The van der Waals surface area contributed by atoms with E-state index >= 15 is 0 Å². The molecule has 2 rings (SSSR count). The maximum Gasteiger partial charge on any atom is 0.433 e. The summed E-state index contributed by atoms with van der Waals surface area (Å²) in [4.78, 5) is 19.1. The average Bonchev–Trinajstić information content (AvgIpc) is 2.48. The van der Waals surface area contributed by atoms with Gasteiger partial charge in [-0.1, -0.05) is 12.1 Å². The second-order valence-electron chi connectivity index (χ2n) is 4.00. The van der Waals surface area contributed by atoms with Crippen LogP contribution in [0.5, 0.6) is 0 Å². The van der Waals surface area contributed by atoms with Crippen molar-refractivity contribution >= 4 is 35.0 Å². The van der Waals surface area contributed by atoms with Gasteiger partial charge in [0.1, 0.15) is 11.6 Å². The number of alkyl halides is 4.